The van der Waals surface area contributed by atoms with Gasteiger partial charge in [-0.25, -0.2) is 0 Å². The van der Waals surface area contributed by atoms with Gasteiger partial charge >= 0.3 is 12.4 Å². The van der Waals surface area contributed by atoms with Crippen molar-refractivity contribution in [1.29, 1.82) is 0 Å². The van der Waals surface area contributed by atoms with E-state index in [-0.39, 0.29) is 14.6 Å². The van der Waals surface area contributed by atoms with Gasteiger partial charge in [0.25, 0.3) is 0 Å². The number of pyridine rings is 2. The minimum absolute atomic E-state index is 0.190. The highest BCUT2D eigenvalue weighted by atomic mass is 79.9. The van der Waals surface area contributed by atoms with Gasteiger partial charge in [-0.2, -0.15) is 26.3 Å². The Hall–Kier alpha value is -1.53. The highest BCUT2D eigenvalue weighted by Gasteiger charge is 2.36. The number of carbonyl (C=O) groups is 1. The minimum atomic E-state index is -4.56. The van der Waals surface area contributed by atoms with Crippen LogP contribution in [0.2, 0.25) is 0 Å². The fraction of sp³-hybridized carbons (Fsp3) is 0.312. The third kappa shape index (κ3) is 6.82. The second-order valence-electron chi connectivity index (χ2n) is 5.36. The summed E-state index contributed by atoms with van der Waals surface area (Å²) in [7, 11) is 0. The van der Waals surface area contributed by atoms with Gasteiger partial charge in [0.15, 0.2) is 5.78 Å². The summed E-state index contributed by atoms with van der Waals surface area (Å²) in [6, 6.07) is 1.73. The predicted molar refractivity (Wildman–Crippen MR) is 94.5 cm³/mol. The smallest absolute Gasteiger partial charge is 0.387 e. The first-order valence-corrected chi connectivity index (χ1v) is 8.87. The van der Waals surface area contributed by atoms with Crippen LogP contribution in [0.15, 0.2) is 33.5 Å². The summed E-state index contributed by atoms with van der Waals surface area (Å²) < 4.78 is 74.8. The number of aliphatic hydroxyl groups excluding tert-OH is 1. The number of rotatable bonds is 2. The quantitative estimate of drug-likeness (QED) is 0.378. The number of carbonyl (C=O) groups excluding carboxylic acids is 1. The van der Waals surface area contributed by atoms with Gasteiger partial charge in [0.1, 0.15) is 5.69 Å². The van der Waals surface area contributed by atoms with Gasteiger partial charge in [-0.1, -0.05) is 0 Å². The zero-order valence-electron chi connectivity index (χ0n) is 14.2. The molecule has 0 amide bonds. The molecule has 0 aliphatic carbocycles. The van der Waals surface area contributed by atoms with E-state index in [2.05, 4.69) is 41.8 Å². The highest BCUT2D eigenvalue weighted by molar-refractivity contribution is 9.10. The maximum atomic E-state index is 12.4. The molecule has 0 aliphatic rings. The van der Waals surface area contributed by atoms with Crippen LogP contribution in [0.4, 0.5) is 26.3 Å². The Balaban J connectivity index is 0.000000280. The van der Waals surface area contributed by atoms with Crippen molar-refractivity contribution in [3.63, 3.8) is 0 Å². The number of aromatic nitrogens is 2. The Morgan fingerprint density at radius 3 is 1.79 bits per heavy atom. The molecule has 1 atom stereocenters. The summed E-state index contributed by atoms with van der Waals surface area (Å²) in [5.41, 5.74) is -2.84. The van der Waals surface area contributed by atoms with E-state index in [1.165, 1.54) is 13.1 Å². The third-order valence-electron chi connectivity index (χ3n) is 3.08. The van der Waals surface area contributed by atoms with Crippen LogP contribution in [-0.2, 0) is 12.4 Å². The van der Waals surface area contributed by atoms with E-state index in [1.54, 1.807) is 0 Å². The third-order valence-corrected chi connectivity index (χ3v) is 3.95. The molecule has 12 heteroatoms. The van der Waals surface area contributed by atoms with E-state index in [4.69, 9.17) is 5.11 Å². The Kier molecular flexibility index (Phi) is 8.15. The predicted octanol–water partition coefficient (Wildman–Crippen LogP) is 5.98. The van der Waals surface area contributed by atoms with Crippen molar-refractivity contribution >= 4 is 37.6 Å². The van der Waals surface area contributed by atoms with Gasteiger partial charge in [0, 0.05) is 28.3 Å². The van der Waals surface area contributed by atoms with Crippen LogP contribution in [0.3, 0.4) is 0 Å². The first-order chi connectivity index (χ1) is 12.6. The van der Waals surface area contributed by atoms with Gasteiger partial charge < -0.3 is 5.11 Å². The molecular weight excluding hydrogens is 526 g/mol. The zero-order chi connectivity index (χ0) is 21.9. The van der Waals surface area contributed by atoms with Crippen LogP contribution >= 0.6 is 31.9 Å². The first kappa shape index (κ1) is 24.5. The number of aliphatic hydroxyl groups is 1. The molecule has 2 rings (SSSR count). The van der Waals surface area contributed by atoms with Gasteiger partial charge in [0.05, 0.1) is 22.9 Å². The molecule has 0 spiro atoms. The average molecular weight is 538 g/mol. The average Bonchev–Trinajstić information content (AvgIpc) is 2.53. The molecule has 28 heavy (non-hydrogen) atoms. The number of hydrogen-bond acceptors (Lipinski definition) is 4. The fourth-order valence-corrected chi connectivity index (χ4v) is 2.61. The molecule has 0 aromatic carbocycles. The summed E-state index contributed by atoms with van der Waals surface area (Å²) in [4.78, 5) is 17.8. The molecular formula is C16H12Br2F6N2O2. The summed E-state index contributed by atoms with van der Waals surface area (Å²) in [6.45, 7) is 2.29. The van der Waals surface area contributed by atoms with Crippen molar-refractivity contribution in [3.8, 4) is 0 Å². The van der Waals surface area contributed by atoms with Crippen molar-refractivity contribution in [1.82, 2.24) is 9.97 Å². The molecule has 0 bridgehead atoms. The van der Waals surface area contributed by atoms with Crippen molar-refractivity contribution < 1.29 is 36.2 Å². The normalized spacial score (nSPS) is 12.8. The monoisotopic (exact) mass is 536 g/mol. The second kappa shape index (κ2) is 9.31. The van der Waals surface area contributed by atoms with Crippen LogP contribution in [0.1, 0.15) is 47.3 Å². The summed E-state index contributed by atoms with van der Waals surface area (Å²) in [5.74, 6) is -0.704. The lowest BCUT2D eigenvalue weighted by Gasteiger charge is -2.13. The van der Waals surface area contributed by atoms with E-state index in [0.717, 1.165) is 25.3 Å². The van der Waals surface area contributed by atoms with E-state index < -0.39 is 41.1 Å². The number of Topliss-reactive ketones (excluding diaryl/α,β-unsaturated/α-hetero) is 1. The molecule has 1 unspecified atom stereocenters. The SMILES string of the molecule is CC(=O)c1ncc(Br)cc1C(F)(F)F.CC(O)c1ncc(Br)cc1C(F)(F)F. The number of ketones is 1. The molecule has 2 heterocycles. The zero-order valence-corrected chi connectivity index (χ0v) is 17.3. The lowest BCUT2D eigenvalue weighted by atomic mass is 10.1. The molecule has 2 aromatic heterocycles. The van der Waals surface area contributed by atoms with Crippen LogP contribution in [0.5, 0.6) is 0 Å². The van der Waals surface area contributed by atoms with Crippen LogP contribution in [-0.4, -0.2) is 20.9 Å². The fourth-order valence-electron chi connectivity index (χ4n) is 1.95. The molecule has 4 nitrogen and oxygen atoms in total. The minimum Gasteiger partial charge on any atom is -0.387 e. The van der Waals surface area contributed by atoms with Gasteiger partial charge in [-0.3, -0.25) is 14.8 Å². The lowest BCUT2D eigenvalue weighted by molar-refractivity contribution is -0.139. The van der Waals surface area contributed by atoms with Crippen molar-refractivity contribution in [3.05, 3.63) is 56.0 Å². The molecule has 1 N–H and O–H groups in total. The maximum Gasteiger partial charge on any atom is 0.418 e. The maximum absolute atomic E-state index is 12.4. The summed E-state index contributed by atoms with van der Waals surface area (Å²) >= 11 is 5.76. The first-order valence-electron chi connectivity index (χ1n) is 7.29. The van der Waals surface area contributed by atoms with Gasteiger partial charge in [-0.05, 0) is 50.9 Å². The Labute approximate surface area is 172 Å². The number of hydrogen-bond donors (Lipinski definition) is 1. The molecule has 0 fully saturated rings. The second-order valence-corrected chi connectivity index (χ2v) is 7.20. The van der Waals surface area contributed by atoms with E-state index >= 15 is 0 Å². The van der Waals surface area contributed by atoms with Crippen LogP contribution in [0.25, 0.3) is 0 Å². The molecule has 0 radical (unpaired) electrons. The number of halogens is 8. The molecule has 2 aromatic rings. The van der Waals surface area contributed by atoms with Crippen molar-refractivity contribution in [2.24, 2.45) is 0 Å². The van der Waals surface area contributed by atoms with Crippen LogP contribution < -0.4 is 0 Å². The Morgan fingerprint density at radius 1 is 0.964 bits per heavy atom. The molecule has 0 saturated heterocycles. The summed E-state index contributed by atoms with van der Waals surface area (Å²) in [6.07, 6.45) is -7.91. The Morgan fingerprint density at radius 2 is 1.39 bits per heavy atom. The largest absolute Gasteiger partial charge is 0.418 e. The highest BCUT2D eigenvalue weighted by Crippen LogP contribution is 2.35. The van der Waals surface area contributed by atoms with E-state index in [1.807, 2.05) is 0 Å². The molecule has 0 saturated carbocycles. The van der Waals surface area contributed by atoms with E-state index in [9.17, 15) is 31.1 Å². The number of nitrogens with zero attached hydrogens (tertiary/aromatic N) is 2. The Bertz CT molecular complexity index is 854. The summed E-state index contributed by atoms with van der Waals surface area (Å²) in [5, 5.41) is 9.08. The van der Waals surface area contributed by atoms with Crippen molar-refractivity contribution in [2.45, 2.75) is 32.3 Å². The van der Waals surface area contributed by atoms with Gasteiger partial charge in [0.2, 0.25) is 0 Å². The van der Waals surface area contributed by atoms with Gasteiger partial charge in [-0.15, -0.1) is 0 Å². The molecule has 154 valence electrons. The molecule has 0 aliphatic heterocycles. The number of alkyl halides is 6. The standard InChI is InChI=1S/C8H7BrF3NO.C8H5BrF3NO/c2*1-4(14)7-6(8(10,11)12)2-5(9)3-13-7/h2-4,14H,1H3;2-3H,1H3. The van der Waals surface area contributed by atoms with E-state index in [0.29, 0.717) is 0 Å². The lowest BCUT2D eigenvalue weighted by Crippen LogP contribution is -2.13. The van der Waals surface area contributed by atoms with Crippen LogP contribution in [0, 0.1) is 0 Å². The topological polar surface area (TPSA) is 63.1 Å². The van der Waals surface area contributed by atoms with Crippen molar-refractivity contribution in [2.75, 3.05) is 0 Å².